The first kappa shape index (κ1) is 22.1. The van der Waals surface area contributed by atoms with Crippen LogP contribution in [0.2, 0.25) is 0 Å². The Kier molecular flexibility index (Phi) is 7.29. The number of aryl methyl sites for hydroxylation is 1. The van der Waals surface area contributed by atoms with E-state index in [1.54, 1.807) is 24.3 Å². The van der Waals surface area contributed by atoms with Crippen LogP contribution in [0.5, 0.6) is 0 Å². The lowest BCUT2D eigenvalue weighted by Gasteiger charge is -2.16. The molecule has 0 unspecified atom stereocenters. The van der Waals surface area contributed by atoms with Crippen LogP contribution in [-0.2, 0) is 11.2 Å². The van der Waals surface area contributed by atoms with E-state index in [-0.39, 0.29) is 36.0 Å². The number of halogens is 2. The normalized spacial score (nSPS) is 18.3. The number of amides is 1. The molecule has 6 heteroatoms. The Morgan fingerprint density at radius 2 is 1.77 bits per heavy atom. The van der Waals surface area contributed by atoms with Crippen LogP contribution >= 0.6 is 12.4 Å². The van der Waals surface area contributed by atoms with E-state index in [9.17, 15) is 9.18 Å². The van der Waals surface area contributed by atoms with Crippen molar-refractivity contribution in [1.82, 2.24) is 4.90 Å². The molecule has 30 heavy (non-hydrogen) atoms. The quantitative estimate of drug-likeness (QED) is 0.622. The summed E-state index contributed by atoms with van der Waals surface area (Å²) >= 11 is 0. The summed E-state index contributed by atoms with van der Waals surface area (Å²) < 4.78 is 19.7. The number of rotatable bonds is 6. The minimum absolute atomic E-state index is 0. The molecule has 0 saturated carbocycles. The second kappa shape index (κ2) is 9.92. The molecule has 0 radical (unpaired) electrons. The van der Waals surface area contributed by atoms with Crippen molar-refractivity contribution in [1.29, 1.82) is 0 Å². The number of carbonyl (C=O) groups is 1. The van der Waals surface area contributed by atoms with Gasteiger partial charge in [-0.05, 0) is 42.3 Å². The highest BCUT2D eigenvalue weighted by Gasteiger charge is 2.34. The minimum Gasteiger partial charge on any atom is -0.461 e. The number of carbonyl (C=O) groups excluding carboxylic acids is 1. The molecule has 158 valence electrons. The maximum Gasteiger partial charge on any atom is 0.223 e. The molecule has 0 spiro atoms. The van der Waals surface area contributed by atoms with Crippen molar-refractivity contribution in [3.8, 4) is 11.3 Å². The van der Waals surface area contributed by atoms with Crippen LogP contribution in [0.1, 0.15) is 23.7 Å². The van der Waals surface area contributed by atoms with Gasteiger partial charge in [0.05, 0.1) is 5.56 Å². The smallest absolute Gasteiger partial charge is 0.223 e. The maximum absolute atomic E-state index is 13.9. The van der Waals surface area contributed by atoms with Gasteiger partial charge in [-0.2, -0.15) is 0 Å². The predicted octanol–water partition coefficient (Wildman–Crippen LogP) is 4.64. The first-order valence-corrected chi connectivity index (χ1v) is 10.0. The number of furan rings is 1. The Morgan fingerprint density at radius 3 is 2.50 bits per heavy atom. The molecular formula is C24H26ClFN2O2. The van der Waals surface area contributed by atoms with Crippen molar-refractivity contribution < 1.29 is 13.6 Å². The molecule has 0 aliphatic carbocycles. The summed E-state index contributed by atoms with van der Waals surface area (Å²) in [7, 11) is 0. The van der Waals surface area contributed by atoms with Gasteiger partial charge in [0.1, 0.15) is 17.3 Å². The summed E-state index contributed by atoms with van der Waals surface area (Å²) in [5.41, 5.74) is 7.64. The molecule has 2 heterocycles. The van der Waals surface area contributed by atoms with Crippen molar-refractivity contribution in [3.63, 3.8) is 0 Å². The number of nitrogens with two attached hydrogens (primary N) is 1. The highest BCUT2D eigenvalue weighted by atomic mass is 35.5. The van der Waals surface area contributed by atoms with Gasteiger partial charge in [-0.3, -0.25) is 4.79 Å². The number of hydrogen-bond acceptors (Lipinski definition) is 3. The van der Waals surface area contributed by atoms with E-state index in [0.29, 0.717) is 49.6 Å². The Morgan fingerprint density at radius 1 is 1.03 bits per heavy atom. The fraction of sp³-hybridized carbons (Fsp3) is 0.292. The Bertz CT molecular complexity index is 976. The molecule has 1 saturated heterocycles. The van der Waals surface area contributed by atoms with Gasteiger partial charge in [0.2, 0.25) is 5.91 Å². The van der Waals surface area contributed by atoms with Crippen molar-refractivity contribution in [2.75, 3.05) is 19.6 Å². The monoisotopic (exact) mass is 428 g/mol. The molecule has 2 aromatic carbocycles. The highest BCUT2D eigenvalue weighted by molar-refractivity contribution is 5.85. The van der Waals surface area contributed by atoms with Crippen molar-refractivity contribution in [2.24, 2.45) is 11.7 Å². The predicted molar refractivity (Wildman–Crippen MR) is 118 cm³/mol. The summed E-state index contributed by atoms with van der Waals surface area (Å²) in [5, 5.41) is 0. The highest BCUT2D eigenvalue weighted by Crippen LogP contribution is 2.32. The Balaban J connectivity index is 0.00000256. The maximum atomic E-state index is 13.9. The molecular weight excluding hydrogens is 403 g/mol. The molecule has 1 aliphatic rings. The van der Waals surface area contributed by atoms with Gasteiger partial charge in [0.15, 0.2) is 0 Å². The number of hydrogen-bond donors (Lipinski definition) is 1. The van der Waals surface area contributed by atoms with Crippen molar-refractivity contribution in [2.45, 2.75) is 18.8 Å². The van der Waals surface area contributed by atoms with E-state index in [2.05, 4.69) is 12.1 Å². The SMILES string of the molecule is Cl.NC[C@@H]1CN(C(=O)CCc2ccc(-c3ccccc3F)o2)C[C@H]1c1ccccc1. The van der Waals surface area contributed by atoms with Crippen LogP contribution in [0.25, 0.3) is 11.3 Å². The zero-order valence-corrected chi connectivity index (χ0v) is 17.5. The summed E-state index contributed by atoms with van der Waals surface area (Å²) in [6, 6.07) is 20.3. The van der Waals surface area contributed by atoms with Crippen LogP contribution in [0.15, 0.2) is 71.1 Å². The molecule has 1 aliphatic heterocycles. The van der Waals surface area contributed by atoms with Gasteiger partial charge in [-0.15, -0.1) is 12.4 Å². The van der Waals surface area contributed by atoms with Gasteiger partial charge >= 0.3 is 0 Å². The first-order chi connectivity index (χ1) is 14.2. The lowest BCUT2D eigenvalue weighted by molar-refractivity contribution is -0.130. The van der Waals surface area contributed by atoms with Crippen molar-refractivity contribution in [3.05, 3.63) is 83.9 Å². The molecule has 0 bridgehead atoms. The molecule has 1 fully saturated rings. The fourth-order valence-electron chi connectivity index (χ4n) is 4.10. The van der Waals surface area contributed by atoms with Crippen LogP contribution < -0.4 is 5.73 Å². The van der Waals surface area contributed by atoms with Gasteiger partial charge in [0.25, 0.3) is 0 Å². The average molecular weight is 429 g/mol. The van der Waals surface area contributed by atoms with Crippen LogP contribution in [-0.4, -0.2) is 30.4 Å². The molecule has 4 rings (SSSR count). The zero-order chi connectivity index (χ0) is 20.2. The van der Waals surface area contributed by atoms with Gasteiger partial charge in [-0.1, -0.05) is 42.5 Å². The summed E-state index contributed by atoms with van der Waals surface area (Å²) in [6.45, 7) is 1.95. The summed E-state index contributed by atoms with van der Waals surface area (Å²) in [6.07, 6.45) is 0.857. The zero-order valence-electron chi connectivity index (χ0n) is 16.7. The third-order valence-electron chi connectivity index (χ3n) is 5.71. The van der Waals surface area contributed by atoms with Crippen LogP contribution in [0.3, 0.4) is 0 Å². The van der Waals surface area contributed by atoms with E-state index in [4.69, 9.17) is 10.2 Å². The lowest BCUT2D eigenvalue weighted by Crippen LogP contribution is -2.29. The lowest BCUT2D eigenvalue weighted by atomic mass is 9.89. The van der Waals surface area contributed by atoms with Crippen molar-refractivity contribution >= 4 is 18.3 Å². The third kappa shape index (κ3) is 4.74. The number of nitrogens with zero attached hydrogens (tertiary/aromatic N) is 1. The molecule has 4 nitrogen and oxygen atoms in total. The number of likely N-dealkylation sites (tertiary alicyclic amines) is 1. The van der Waals surface area contributed by atoms with Crippen LogP contribution in [0.4, 0.5) is 4.39 Å². The van der Waals surface area contributed by atoms with Gasteiger partial charge in [-0.25, -0.2) is 4.39 Å². The van der Waals surface area contributed by atoms with E-state index in [0.717, 1.165) is 0 Å². The van der Waals surface area contributed by atoms with E-state index in [1.165, 1.54) is 11.6 Å². The molecule has 1 amide bonds. The molecule has 3 aromatic rings. The largest absolute Gasteiger partial charge is 0.461 e. The summed E-state index contributed by atoms with van der Waals surface area (Å²) in [5.74, 6) is 1.51. The van der Waals surface area contributed by atoms with E-state index in [1.807, 2.05) is 29.2 Å². The molecule has 2 N–H and O–H groups in total. The topological polar surface area (TPSA) is 59.5 Å². The van der Waals surface area contributed by atoms with Gasteiger partial charge < -0.3 is 15.1 Å². The van der Waals surface area contributed by atoms with Gasteiger partial charge in [0, 0.05) is 31.8 Å². The summed E-state index contributed by atoms with van der Waals surface area (Å²) in [4.78, 5) is 14.7. The fourth-order valence-corrected chi connectivity index (χ4v) is 4.10. The minimum atomic E-state index is -0.318. The van der Waals surface area contributed by atoms with E-state index >= 15 is 0 Å². The standard InChI is InChI=1S/C24H25FN2O2.ClH/c25-22-9-5-4-8-20(22)23-12-10-19(29-23)11-13-24(28)27-15-18(14-26)21(16-27)17-6-2-1-3-7-17;/h1-10,12,18,21H,11,13-16,26H2;1H/t18-,21+;/m1./s1. The Hall–Kier alpha value is -2.63. The second-order valence-electron chi connectivity index (χ2n) is 7.56. The van der Waals surface area contributed by atoms with Crippen LogP contribution in [0, 0.1) is 11.7 Å². The average Bonchev–Trinajstić information content (AvgIpc) is 3.40. The number of benzene rings is 2. The van der Waals surface area contributed by atoms with E-state index < -0.39 is 0 Å². The third-order valence-corrected chi connectivity index (χ3v) is 5.71. The first-order valence-electron chi connectivity index (χ1n) is 10.0. The second-order valence-corrected chi connectivity index (χ2v) is 7.56. The molecule has 2 atom stereocenters. The Labute approximate surface area is 182 Å². The molecule has 1 aromatic heterocycles.